The van der Waals surface area contributed by atoms with Gasteiger partial charge in [0.05, 0.1) is 30.3 Å². The summed E-state index contributed by atoms with van der Waals surface area (Å²) in [5, 5.41) is 2.79. The van der Waals surface area contributed by atoms with Gasteiger partial charge < -0.3 is 10.1 Å². The first-order chi connectivity index (χ1) is 10.1. The Balaban J connectivity index is 2.21. The summed E-state index contributed by atoms with van der Waals surface area (Å²) in [5.74, 6) is -0.994. The molecule has 0 aliphatic carbocycles. The molecule has 1 aromatic heterocycles. The molecule has 2 aromatic rings. The summed E-state index contributed by atoms with van der Waals surface area (Å²) in [6, 6.07) is 6.56. The fraction of sp³-hybridized carbons (Fsp3) is 0.143. The molecule has 108 valence electrons. The van der Waals surface area contributed by atoms with Crippen molar-refractivity contribution < 1.29 is 14.3 Å². The monoisotopic (exact) mass is 305 g/mol. The number of hydrogen-bond donors (Lipinski definition) is 1. The summed E-state index contributed by atoms with van der Waals surface area (Å²) in [5.41, 5.74) is 0.713. The fourth-order valence-corrected chi connectivity index (χ4v) is 1.69. The van der Waals surface area contributed by atoms with Crippen LogP contribution < -0.4 is 5.32 Å². The molecule has 1 amide bonds. The van der Waals surface area contributed by atoms with Crippen LogP contribution in [-0.2, 0) is 4.74 Å². The zero-order valence-corrected chi connectivity index (χ0v) is 11.9. The number of amides is 1. The van der Waals surface area contributed by atoms with Gasteiger partial charge in [0.15, 0.2) is 0 Å². The molecule has 0 saturated carbocycles. The molecule has 1 aromatic carbocycles. The van der Waals surface area contributed by atoms with Gasteiger partial charge in [-0.3, -0.25) is 4.79 Å². The molecule has 0 aliphatic heterocycles. The van der Waals surface area contributed by atoms with E-state index in [1.807, 2.05) is 0 Å². The van der Waals surface area contributed by atoms with E-state index in [1.54, 1.807) is 31.2 Å². The van der Waals surface area contributed by atoms with Gasteiger partial charge in [0.2, 0.25) is 0 Å². The number of carbonyl (C=O) groups excluding carboxylic acids is 2. The maximum atomic E-state index is 12.0. The maximum Gasteiger partial charge on any atom is 0.340 e. The van der Waals surface area contributed by atoms with Gasteiger partial charge in [-0.1, -0.05) is 23.7 Å². The Hall–Kier alpha value is -2.47. The zero-order chi connectivity index (χ0) is 15.2. The SMILES string of the molecule is CCOC(=O)c1ccccc1NC(=O)c1cnc(Cl)cn1. The Labute approximate surface area is 126 Å². The molecule has 7 heteroatoms. The van der Waals surface area contributed by atoms with Crippen molar-refractivity contribution in [3.05, 3.63) is 53.1 Å². The van der Waals surface area contributed by atoms with Gasteiger partial charge in [-0.05, 0) is 19.1 Å². The van der Waals surface area contributed by atoms with E-state index < -0.39 is 11.9 Å². The number of carbonyl (C=O) groups is 2. The van der Waals surface area contributed by atoms with Gasteiger partial charge in [0.25, 0.3) is 5.91 Å². The van der Waals surface area contributed by atoms with Crippen molar-refractivity contribution in [3.8, 4) is 0 Å². The molecule has 0 bridgehead atoms. The second kappa shape index (κ2) is 6.81. The molecule has 6 nitrogen and oxygen atoms in total. The van der Waals surface area contributed by atoms with Gasteiger partial charge in [-0.2, -0.15) is 0 Å². The highest BCUT2D eigenvalue weighted by Gasteiger charge is 2.15. The summed E-state index contributed by atoms with van der Waals surface area (Å²) < 4.78 is 4.94. The largest absolute Gasteiger partial charge is 0.462 e. The number of halogens is 1. The van der Waals surface area contributed by atoms with E-state index in [2.05, 4.69) is 15.3 Å². The van der Waals surface area contributed by atoms with Crippen LogP contribution in [0.4, 0.5) is 5.69 Å². The Kier molecular flexibility index (Phi) is 4.84. The summed E-state index contributed by atoms with van der Waals surface area (Å²) in [6.07, 6.45) is 2.53. The van der Waals surface area contributed by atoms with Crippen LogP contribution in [0.1, 0.15) is 27.8 Å². The third-order valence-electron chi connectivity index (χ3n) is 2.52. The maximum absolute atomic E-state index is 12.0. The number of anilines is 1. The van der Waals surface area contributed by atoms with Gasteiger partial charge in [0, 0.05) is 0 Å². The molecule has 0 saturated heterocycles. The van der Waals surface area contributed by atoms with Crippen molar-refractivity contribution in [3.63, 3.8) is 0 Å². The zero-order valence-electron chi connectivity index (χ0n) is 11.2. The molecule has 0 aliphatic rings. The molecular formula is C14H12ClN3O3. The first-order valence-electron chi connectivity index (χ1n) is 6.17. The number of aromatic nitrogens is 2. The lowest BCUT2D eigenvalue weighted by Crippen LogP contribution is -2.17. The molecule has 21 heavy (non-hydrogen) atoms. The van der Waals surface area contributed by atoms with Crippen molar-refractivity contribution in [1.29, 1.82) is 0 Å². The normalized spacial score (nSPS) is 10.0. The highest BCUT2D eigenvalue weighted by atomic mass is 35.5. The summed E-state index contributed by atoms with van der Waals surface area (Å²) >= 11 is 5.61. The van der Waals surface area contributed by atoms with Crippen LogP contribution in [-0.4, -0.2) is 28.5 Å². The molecule has 0 fully saturated rings. The first kappa shape index (κ1) is 14.9. The summed E-state index contributed by atoms with van der Waals surface area (Å²) in [6.45, 7) is 1.96. The second-order valence-electron chi connectivity index (χ2n) is 3.94. The first-order valence-corrected chi connectivity index (χ1v) is 6.54. The van der Waals surface area contributed by atoms with E-state index in [-0.39, 0.29) is 23.0 Å². The lowest BCUT2D eigenvalue weighted by Gasteiger charge is -2.09. The van der Waals surface area contributed by atoms with Crippen LogP contribution in [0, 0.1) is 0 Å². The Morgan fingerprint density at radius 3 is 2.67 bits per heavy atom. The standard InChI is InChI=1S/C14H12ClN3O3/c1-2-21-14(20)9-5-3-4-6-10(9)18-13(19)11-7-17-12(15)8-16-11/h3-8H,2H2,1H3,(H,18,19). The van der Waals surface area contributed by atoms with Gasteiger partial charge in [-0.25, -0.2) is 14.8 Å². The van der Waals surface area contributed by atoms with E-state index >= 15 is 0 Å². The van der Waals surface area contributed by atoms with Crippen molar-refractivity contribution >= 4 is 29.2 Å². The number of para-hydroxylation sites is 1. The average Bonchev–Trinajstić information content (AvgIpc) is 2.48. The van der Waals surface area contributed by atoms with Crippen molar-refractivity contribution in [2.75, 3.05) is 11.9 Å². The van der Waals surface area contributed by atoms with Crippen molar-refractivity contribution in [1.82, 2.24) is 9.97 Å². The van der Waals surface area contributed by atoms with Crippen LogP contribution in [0.3, 0.4) is 0 Å². The number of nitrogens with zero attached hydrogens (tertiary/aromatic N) is 2. The number of benzene rings is 1. The minimum absolute atomic E-state index is 0.0954. The third kappa shape index (κ3) is 3.76. The van der Waals surface area contributed by atoms with Crippen LogP contribution in [0.25, 0.3) is 0 Å². The van der Waals surface area contributed by atoms with Crippen molar-refractivity contribution in [2.45, 2.75) is 6.92 Å². The second-order valence-corrected chi connectivity index (χ2v) is 4.33. The number of hydrogen-bond acceptors (Lipinski definition) is 5. The molecule has 0 spiro atoms. The molecule has 1 N–H and O–H groups in total. The quantitative estimate of drug-likeness (QED) is 0.878. The van der Waals surface area contributed by atoms with Crippen LogP contribution in [0.5, 0.6) is 0 Å². The van der Waals surface area contributed by atoms with Crippen LogP contribution >= 0.6 is 11.6 Å². The number of rotatable bonds is 4. The van der Waals surface area contributed by atoms with Gasteiger partial charge >= 0.3 is 5.97 Å². The Morgan fingerprint density at radius 1 is 1.24 bits per heavy atom. The summed E-state index contributed by atoms with van der Waals surface area (Å²) in [7, 11) is 0. The molecule has 0 unspecified atom stereocenters. The molecule has 2 rings (SSSR count). The lowest BCUT2D eigenvalue weighted by atomic mass is 10.1. The van der Waals surface area contributed by atoms with Gasteiger partial charge in [-0.15, -0.1) is 0 Å². The Morgan fingerprint density at radius 2 is 2.00 bits per heavy atom. The molecule has 1 heterocycles. The highest BCUT2D eigenvalue weighted by Crippen LogP contribution is 2.17. The molecular weight excluding hydrogens is 294 g/mol. The van der Waals surface area contributed by atoms with Crippen LogP contribution in [0.15, 0.2) is 36.7 Å². The minimum Gasteiger partial charge on any atom is -0.462 e. The number of nitrogens with one attached hydrogen (secondary N) is 1. The van der Waals surface area contributed by atoms with E-state index in [0.29, 0.717) is 5.69 Å². The topological polar surface area (TPSA) is 81.2 Å². The predicted octanol–water partition coefficient (Wildman–Crippen LogP) is 2.56. The molecule has 0 radical (unpaired) electrons. The van der Waals surface area contributed by atoms with Crippen LogP contribution in [0.2, 0.25) is 5.15 Å². The van der Waals surface area contributed by atoms with E-state index in [1.165, 1.54) is 12.4 Å². The fourth-order valence-electron chi connectivity index (χ4n) is 1.59. The van der Waals surface area contributed by atoms with E-state index in [4.69, 9.17) is 16.3 Å². The number of ether oxygens (including phenoxy) is 1. The Bertz CT molecular complexity index is 659. The van der Waals surface area contributed by atoms with E-state index in [9.17, 15) is 9.59 Å². The summed E-state index contributed by atoms with van der Waals surface area (Å²) in [4.78, 5) is 31.5. The molecule has 0 atom stereocenters. The van der Waals surface area contributed by atoms with Crippen molar-refractivity contribution in [2.24, 2.45) is 0 Å². The average molecular weight is 306 g/mol. The lowest BCUT2D eigenvalue weighted by molar-refractivity contribution is 0.0527. The van der Waals surface area contributed by atoms with Gasteiger partial charge in [0.1, 0.15) is 10.8 Å². The predicted molar refractivity (Wildman–Crippen MR) is 77.4 cm³/mol. The number of esters is 1. The minimum atomic E-state index is -0.504. The smallest absolute Gasteiger partial charge is 0.340 e. The van der Waals surface area contributed by atoms with E-state index in [0.717, 1.165) is 0 Å². The third-order valence-corrected chi connectivity index (χ3v) is 2.72. The highest BCUT2D eigenvalue weighted by molar-refractivity contribution is 6.29.